The van der Waals surface area contributed by atoms with E-state index in [1.807, 2.05) is 0 Å². The summed E-state index contributed by atoms with van der Waals surface area (Å²) in [7, 11) is 1.73. The fourth-order valence-corrected chi connectivity index (χ4v) is 2.80. The highest BCUT2D eigenvalue weighted by molar-refractivity contribution is 5.44. The van der Waals surface area contributed by atoms with Gasteiger partial charge in [0.2, 0.25) is 0 Å². The van der Waals surface area contributed by atoms with Crippen LogP contribution >= 0.6 is 0 Å². The van der Waals surface area contributed by atoms with Gasteiger partial charge in [0.25, 0.3) is 0 Å². The molecule has 2 rings (SSSR count). The number of hydrogen-bond donors (Lipinski definition) is 1. The molecule has 0 unspecified atom stereocenters. The molecule has 17 heavy (non-hydrogen) atoms. The molecule has 1 saturated carbocycles. The van der Waals surface area contributed by atoms with E-state index >= 15 is 0 Å². The van der Waals surface area contributed by atoms with Gasteiger partial charge in [-0.3, -0.25) is 0 Å². The average Bonchev–Trinajstić information content (AvgIpc) is 2.33. The standard InChI is InChI=1S/C15H23NO/c1-11-9-13(10-14(17-3)12(11)2)15(16)7-5-4-6-8-15/h9-10H,4-8,16H2,1-3H3. The Bertz CT molecular complexity index is 406. The summed E-state index contributed by atoms with van der Waals surface area (Å²) in [6, 6.07) is 4.37. The summed E-state index contributed by atoms with van der Waals surface area (Å²) in [5.74, 6) is 0.968. The van der Waals surface area contributed by atoms with E-state index in [9.17, 15) is 0 Å². The van der Waals surface area contributed by atoms with E-state index in [1.54, 1.807) is 7.11 Å². The van der Waals surface area contributed by atoms with Crippen molar-refractivity contribution in [3.63, 3.8) is 0 Å². The third-order valence-corrected chi connectivity index (χ3v) is 4.16. The molecule has 0 aliphatic heterocycles. The van der Waals surface area contributed by atoms with Crippen molar-refractivity contribution in [2.24, 2.45) is 5.73 Å². The Morgan fingerprint density at radius 2 is 1.76 bits per heavy atom. The topological polar surface area (TPSA) is 35.2 Å². The first-order valence-corrected chi connectivity index (χ1v) is 6.51. The summed E-state index contributed by atoms with van der Waals surface area (Å²) >= 11 is 0. The summed E-state index contributed by atoms with van der Waals surface area (Å²) in [4.78, 5) is 0. The molecule has 0 bridgehead atoms. The smallest absolute Gasteiger partial charge is 0.122 e. The van der Waals surface area contributed by atoms with Crippen LogP contribution < -0.4 is 10.5 Å². The maximum Gasteiger partial charge on any atom is 0.122 e. The quantitative estimate of drug-likeness (QED) is 0.849. The van der Waals surface area contributed by atoms with Gasteiger partial charge < -0.3 is 10.5 Å². The molecule has 0 aromatic heterocycles. The third kappa shape index (κ3) is 2.32. The van der Waals surface area contributed by atoms with Crippen molar-refractivity contribution in [3.05, 3.63) is 28.8 Å². The second kappa shape index (κ2) is 4.69. The Kier molecular flexibility index (Phi) is 3.43. The zero-order valence-corrected chi connectivity index (χ0v) is 11.2. The van der Waals surface area contributed by atoms with Crippen LogP contribution in [0.5, 0.6) is 5.75 Å². The van der Waals surface area contributed by atoms with Crippen molar-refractivity contribution < 1.29 is 4.74 Å². The van der Waals surface area contributed by atoms with E-state index in [0.717, 1.165) is 18.6 Å². The lowest BCUT2D eigenvalue weighted by molar-refractivity contribution is 0.300. The average molecular weight is 233 g/mol. The predicted molar refractivity (Wildman–Crippen MR) is 71.4 cm³/mol. The second-order valence-corrected chi connectivity index (χ2v) is 5.34. The minimum atomic E-state index is -0.135. The molecule has 0 spiro atoms. The molecule has 94 valence electrons. The Morgan fingerprint density at radius 1 is 1.12 bits per heavy atom. The molecule has 0 saturated heterocycles. The van der Waals surface area contributed by atoms with Crippen molar-refractivity contribution >= 4 is 0 Å². The van der Waals surface area contributed by atoms with Crippen LogP contribution in [0.3, 0.4) is 0 Å². The number of benzene rings is 1. The van der Waals surface area contributed by atoms with Gasteiger partial charge in [0.05, 0.1) is 7.11 Å². The van der Waals surface area contributed by atoms with Crippen molar-refractivity contribution in [2.45, 2.75) is 51.5 Å². The molecule has 1 aromatic rings. The van der Waals surface area contributed by atoms with Crippen LogP contribution in [0.1, 0.15) is 48.8 Å². The molecule has 2 N–H and O–H groups in total. The van der Waals surface area contributed by atoms with Crippen LogP contribution in [-0.4, -0.2) is 7.11 Å². The fourth-order valence-electron chi connectivity index (χ4n) is 2.80. The molecule has 1 aliphatic carbocycles. The van der Waals surface area contributed by atoms with Gasteiger partial charge in [-0.25, -0.2) is 0 Å². The molecule has 1 fully saturated rings. The van der Waals surface area contributed by atoms with Gasteiger partial charge in [-0.05, 0) is 49.4 Å². The normalized spacial score (nSPS) is 19.1. The Balaban J connectivity index is 2.41. The van der Waals surface area contributed by atoms with Gasteiger partial charge in [-0.1, -0.05) is 25.3 Å². The molecule has 2 nitrogen and oxygen atoms in total. The van der Waals surface area contributed by atoms with Crippen LogP contribution in [0.4, 0.5) is 0 Å². The molecular formula is C15H23NO. The van der Waals surface area contributed by atoms with Gasteiger partial charge in [0, 0.05) is 5.54 Å². The Morgan fingerprint density at radius 3 is 2.35 bits per heavy atom. The Hall–Kier alpha value is -1.02. The molecule has 1 aliphatic rings. The van der Waals surface area contributed by atoms with E-state index in [-0.39, 0.29) is 5.54 Å². The molecule has 0 radical (unpaired) electrons. The van der Waals surface area contributed by atoms with E-state index in [2.05, 4.69) is 26.0 Å². The van der Waals surface area contributed by atoms with Crippen LogP contribution in [0.2, 0.25) is 0 Å². The summed E-state index contributed by atoms with van der Waals surface area (Å²) < 4.78 is 5.45. The SMILES string of the molecule is COc1cc(C2(N)CCCCC2)cc(C)c1C. The van der Waals surface area contributed by atoms with Gasteiger partial charge in [0.15, 0.2) is 0 Å². The van der Waals surface area contributed by atoms with E-state index in [4.69, 9.17) is 10.5 Å². The second-order valence-electron chi connectivity index (χ2n) is 5.34. The minimum absolute atomic E-state index is 0.135. The minimum Gasteiger partial charge on any atom is -0.496 e. The molecule has 0 heterocycles. The lowest BCUT2D eigenvalue weighted by Gasteiger charge is -2.34. The molecule has 0 amide bonds. The molecule has 1 aromatic carbocycles. The lowest BCUT2D eigenvalue weighted by Crippen LogP contribution is -2.38. The number of aryl methyl sites for hydroxylation is 1. The van der Waals surface area contributed by atoms with Gasteiger partial charge in [-0.2, -0.15) is 0 Å². The Labute approximate surface area is 104 Å². The molecular weight excluding hydrogens is 210 g/mol. The summed E-state index contributed by atoms with van der Waals surface area (Å²) in [6.45, 7) is 4.23. The number of rotatable bonds is 2. The summed E-state index contributed by atoms with van der Waals surface area (Å²) in [5, 5.41) is 0. The first kappa shape index (κ1) is 12.4. The molecule has 2 heteroatoms. The van der Waals surface area contributed by atoms with Gasteiger partial charge in [-0.15, -0.1) is 0 Å². The van der Waals surface area contributed by atoms with Crippen LogP contribution in [0, 0.1) is 13.8 Å². The van der Waals surface area contributed by atoms with Crippen molar-refractivity contribution in [1.29, 1.82) is 0 Å². The third-order valence-electron chi connectivity index (χ3n) is 4.16. The summed E-state index contributed by atoms with van der Waals surface area (Å²) in [5.41, 5.74) is 10.2. The predicted octanol–water partition coefficient (Wildman–Crippen LogP) is 3.43. The zero-order valence-electron chi connectivity index (χ0n) is 11.2. The van der Waals surface area contributed by atoms with Crippen LogP contribution in [-0.2, 0) is 5.54 Å². The van der Waals surface area contributed by atoms with Crippen molar-refractivity contribution in [3.8, 4) is 5.75 Å². The number of methoxy groups -OCH3 is 1. The maximum atomic E-state index is 6.57. The highest BCUT2D eigenvalue weighted by atomic mass is 16.5. The molecule has 0 atom stereocenters. The van der Waals surface area contributed by atoms with E-state index < -0.39 is 0 Å². The lowest BCUT2D eigenvalue weighted by atomic mass is 9.77. The number of hydrogen-bond acceptors (Lipinski definition) is 2. The van der Waals surface area contributed by atoms with Gasteiger partial charge >= 0.3 is 0 Å². The fraction of sp³-hybridized carbons (Fsp3) is 0.600. The highest BCUT2D eigenvalue weighted by Gasteiger charge is 2.30. The van der Waals surface area contributed by atoms with Crippen molar-refractivity contribution in [2.75, 3.05) is 7.11 Å². The van der Waals surface area contributed by atoms with Crippen LogP contribution in [0.15, 0.2) is 12.1 Å². The number of nitrogens with two attached hydrogens (primary N) is 1. The van der Waals surface area contributed by atoms with E-state index in [1.165, 1.54) is 36.0 Å². The maximum absolute atomic E-state index is 6.57. The van der Waals surface area contributed by atoms with Crippen LogP contribution in [0.25, 0.3) is 0 Å². The summed E-state index contributed by atoms with van der Waals surface area (Å²) in [6.07, 6.45) is 6.00. The monoisotopic (exact) mass is 233 g/mol. The largest absolute Gasteiger partial charge is 0.496 e. The van der Waals surface area contributed by atoms with Gasteiger partial charge in [0.1, 0.15) is 5.75 Å². The zero-order chi connectivity index (χ0) is 12.5. The van der Waals surface area contributed by atoms with E-state index in [0.29, 0.717) is 0 Å². The first-order valence-electron chi connectivity index (χ1n) is 6.51. The highest BCUT2D eigenvalue weighted by Crippen LogP contribution is 2.37. The van der Waals surface area contributed by atoms with Crippen molar-refractivity contribution in [1.82, 2.24) is 0 Å². The number of ether oxygens (including phenoxy) is 1. The first-order chi connectivity index (χ1) is 8.07.